The molecule has 1 unspecified atom stereocenters. The molecule has 1 aliphatic rings. The Hall–Kier alpha value is -2.08. The summed E-state index contributed by atoms with van der Waals surface area (Å²) >= 11 is 7.77. The van der Waals surface area contributed by atoms with Gasteiger partial charge in [0.25, 0.3) is 5.91 Å². The fraction of sp³-hybridized carbons (Fsp3) is 0.250. The van der Waals surface area contributed by atoms with Crippen LogP contribution in [0.2, 0.25) is 5.02 Å². The average Bonchev–Trinajstić information content (AvgIpc) is 3.29. The van der Waals surface area contributed by atoms with E-state index in [1.165, 1.54) is 11.3 Å². The Kier molecular flexibility index (Phi) is 5.11. The minimum absolute atomic E-state index is 0.158. The van der Waals surface area contributed by atoms with Crippen molar-refractivity contribution in [2.75, 3.05) is 18.5 Å². The van der Waals surface area contributed by atoms with E-state index in [2.05, 4.69) is 5.32 Å². The molecule has 134 valence electrons. The van der Waals surface area contributed by atoms with E-state index in [1.54, 1.807) is 0 Å². The van der Waals surface area contributed by atoms with E-state index in [1.807, 2.05) is 48.5 Å². The van der Waals surface area contributed by atoms with Crippen LogP contribution < -0.4 is 10.1 Å². The molecule has 0 aliphatic carbocycles. The lowest BCUT2D eigenvalue weighted by Crippen LogP contribution is -2.16. The van der Waals surface area contributed by atoms with Gasteiger partial charge in [-0.25, -0.2) is 0 Å². The Balaban J connectivity index is 1.46. The van der Waals surface area contributed by atoms with E-state index in [0.717, 1.165) is 29.5 Å². The topological polar surface area (TPSA) is 47.6 Å². The van der Waals surface area contributed by atoms with Crippen LogP contribution in [0.25, 0.3) is 10.1 Å². The van der Waals surface area contributed by atoms with E-state index < -0.39 is 0 Å². The van der Waals surface area contributed by atoms with Gasteiger partial charge in [0.2, 0.25) is 0 Å². The Bertz CT molecular complexity index is 934. The molecule has 1 saturated heterocycles. The number of thiophene rings is 1. The zero-order chi connectivity index (χ0) is 17.9. The fourth-order valence-electron chi connectivity index (χ4n) is 2.98. The zero-order valence-corrected chi connectivity index (χ0v) is 15.6. The van der Waals surface area contributed by atoms with Gasteiger partial charge < -0.3 is 14.8 Å². The van der Waals surface area contributed by atoms with Gasteiger partial charge in [0.05, 0.1) is 11.1 Å². The first-order chi connectivity index (χ1) is 12.7. The van der Waals surface area contributed by atoms with Crippen LogP contribution >= 0.6 is 22.9 Å². The van der Waals surface area contributed by atoms with Gasteiger partial charge in [0.15, 0.2) is 0 Å². The first-order valence-corrected chi connectivity index (χ1v) is 9.73. The van der Waals surface area contributed by atoms with Crippen LogP contribution in [0.1, 0.15) is 22.5 Å². The molecular formula is C20H18ClNO3S. The normalized spacial score (nSPS) is 16.7. The molecule has 1 aliphatic heterocycles. The molecule has 2 heterocycles. The van der Waals surface area contributed by atoms with Crippen LogP contribution in [0, 0.1) is 0 Å². The van der Waals surface area contributed by atoms with Gasteiger partial charge in [-0.3, -0.25) is 4.79 Å². The average molecular weight is 388 g/mol. The van der Waals surface area contributed by atoms with Gasteiger partial charge in [-0.1, -0.05) is 35.9 Å². The van der Waals surface area contributed by atoms with E-state index in [4.69, 9.17) is 21.1 Å². The number of hydrogen-bond donors (Lipinski definition) is 1. The van der Waals surface area contributed by atoms with Crippen molar-refractivity contribution in [3.05, 3.63) is 58.4 Å². The third kappa shape index (κ3) is 3.70. The number of carbonyl (C=O) groups is 1. The van der Waals surface area contributed by atoms with Gasteiger partial charge >= 0.3 is 0 Å². The summed E-state index contributed by atoms with van der Waals surface area (Å²) in [6.45, 7) is 1.33. The number of fused-ring (bicyclic) bond motifs is 1. The summed E-state index contributed by atoms with van der Waals surface area (Å²) in [6.07, 6.45) is 2.27. The number of benzene rings is 2. The first-order valence-electron chi connectivity index (χ1n) is 8.53. The Labute approximate surface area is 160 Å². The standard InChI is InChI=1S/C20H18ClNO3S/c21-18-16-8-1-2-9-17(16)26-19(18)20(23)22-13-5-3-6-14(11-13)25-12-15-7-4-10-24-15/h1-3,5-6,8-9,11,15H,4,7,10,12H2,(H,22,23). The summed E-state index contributed by atoms with van der Waals surface area (Å²) in [7, 11) is 0. The molecule has 1 N–H and O–H groups in total. The zero-order valence-electron chi connectivity index (χ0n) is 14.0. The minimum Gasteiger partial charge on any atom is -0.491 e. The number of rotatable bonds is 5. The highest BCUT2D eigenvalue weighted by Crippen LogP contribution is 2.35. The SMILES string of the molecule is O=C(Nc1cccc(OCC2CCCO2)c1)c1sc2ccccc2c1Cl. The van der Waals surface area contributed by atoms with Gasteiger partial charge in [-0.15, -0.1) is 11.3 Å². The summed E-state index contributed by atoms with van der Waals surface area (Å²) in [5.74, 6) is 0.494. The van der Waals surface area contributed by atoms with Crippen molar-refractivity contribution in [3.63, 3.8) is 0 Å². The van der Waals surface area contributed by atoms with Gasteiger partial charge in [0, 0.05) is 28.4 Å². The Morgan fingerprint density at radius 3 is 2.96 bits per heavy atom. The van der Waals surface area contributed by atoms with E-state index in [0.29, 0.717) is 27.9 Å². The second kappa shape index (κ2) is 7.66. The molecule has 1 atom stereocenters. The summed E-state index contributed by atoms with van der Waals surface area (Å²) < 4.78 is 12.3. The molecule has 1 aromatic heterocycles. The molecule has 3 aromatic rings. The van der Waals surface area contributed by atoms with Crippen molar-refractivity contribution < 1.29 is 14.3 Å². The lowest BCUT2D eigenvalue weighted by Gasteiger charge is -2.12. The second-order valence-corrected chi connectivity index (χ2v) is 7.60. The van der Waals surface area contributed by atoms with Crippen LogP contribution in [0.4, 0.5) is 5.69 Å². The molecule has 1 fully saturated rings. The Morgan fingerprint density at radius 1 is 1.27 bits per heavy atom. The number of ether oxygens (including phenoxy) is 2. The molecule has 0 saturated carbocycles. The third-order valence-corrected chi connectivity index (χ3v) is 5.97. The number of hydrogen-bond acceptors (Lipinski definition) is 4. The second-order valence-electron chi connectivity index (χ2n) is 6.17. The van der Waals surface area contributed by atoms with Gasteiger partial charge in [-0.05, 0) is 31.0 Å². The minimum atomic E-state index is -0.215. The van der Waals surface area contributed by atoms with Crippen LogP contribution in [0.3, 0.4) is 0 Å². The summed E-state index contributed by atoms with van der Waals surface area (Å²) in [5, 5.41) is 4.30. The highest BCUT2D eigenvalue weighted by atomic mass is 35.5. The predicted octanol–water partition coefficient (Wildman–Crippen LogP) is 5.36. The molecule has 4 nitrogen and oxygen atoms in total. The molecule has 0 spiro atoms. The number of nitrogens with one attached hydrogen (secondary N) is 1. The molecule has 6 heteroatoms. The molecule has 0 bridgehead atoms. The lowest BCUT2D eigenvalue weighted by atomic mass is 10.2. The highest BCUT2D eigenvalue weighted by Gasteiger charge is 2.18. The van der Waals surface area contributed by atoms with Gasteiger partial charge in [0.1, 0.15) is 17.2 Å². The van der Waals surface area contributed by atoms with Crippen LogP contribution in [-0.4, -0.2) is 25.2 Å². The summed E-state index contributed by atoms with van der Waals surface area (Å²) in [5.41, 5.74) is 0.674. The van der Waals surface area contributed by atoms with Crippen LogP contribution in [-0.2, 0) is 4.74 Å². The Morgan fingerprint density at radius 2 is 2.15 bits per heavy atom. The third-order valence-electron chi connectivity index (χ3n) is 4.29. The molecular weight excluding hydrogens is 370 g/mol. The molecule has 26 heavy (non-hydrogen) atoms. The van der Waals surface area contributed by atoms with Crippen molar-refractivity contribution in [2.45, 2.75) is 18.9 Å². The molecule has 1 amide bonds. The van der Waals surface area contributed by atoms with Crippen molar-refractivity contribution in [3.8, 4) is 5.75 Å². The van der Waals surface area contributed by atoms with E-state index in [-0.39, 0.29) is 12.0 Å². The first kappa shape index (κ1) is 17.3. The highest BCUT2D eigenvalue weighted by molar-refractivity contribution is 7.21. The lowest BCUT2D eigenvalue weighted by molar-refractivity contribution is 0.0680. The fourth-order valence-corrected chi connectivity index (χ4v) is 4.39. The smallest absolute Gasteiger partial charge is 0.267 e. The number of anilines is 1. The maximum absolute atomic E-state index is 12.6. The van der Waals surface area contributed by atoms with Crippen molar-refractivity contribution in [1.29, 1.82) is 0 Å². The molecule has 4 rings (SSSR count). The molecule has 2 aromatic carbocycles. The maximum atomic E-state index is 12.6. The summed E-state index contributed by atoms with van der Waals surface area (Å²) in [6, 6.07) is 15.1. The number of carbonyl (C=O) groups excluding carboxylic acids is 1. The van der Waals surface area contributed by atoms with Crippen molar-refractivity contribution in [1.82, 2.24) is 0 Å². The van der Waals surface area contributed by atoms with Crippen LogP contribution in [0.15, 0.2) is 48.5 Å². The number of amides is 1. The van der Waals surface area contributed by atoms with Crippen molar-refractivity contribution >= 4 is 44.6 Å². The summed E-state index contributed by atoms with van der Waals surface area (Å²) in [4.78, 5) is 13.1. The quantitative estimate of drug-likeness (QED) is 0.640. The largest absolute Gasteiger partial charge is 0.491 e. The predicted molar refractivity (Wildman–Crippen MR) is 106 cm³/mol. The van der Waals surface area contributed by atoms with Gasteiger partial charge in [-0.2, -0.15) is 0 Å². The monoisotopic (exact) mass is 387 g/mol. The number of halogens is 1. The maximum Gasteiger partial charge on any atom is 0.267 e. The van der Waals surface area contributed by atoms with Crippen molar-refractivity contribution in [2.24, 2.45) is 0 Å². The van der Waals surface area contributed by atoms with Crippen LogP contribution in [0.5, 0.6) is 5.75 Å². The van der Waals surface area contributed by atoms with E-state index in [9.17, 15) is 4.79 Å². The molecule has 0 radical (unpaired) electrons. The van der Waals surface area contributed by atoms with E-state index >= 15 is 0 Å².